The molecule has 2 aromatic heterocycles. The zero-order chi connectivity index (χ0) is 18.0. The number of hydrogen-bond donors (Lipinski definition) is 1. The first-order valence-electron chi connectivity index (χ1n) is 7.42. The summed E-state index contributed by atoms with van der Waals surface area (Å²) in [5.41, 5.74) is 1.65. The van der Waals surface area contributed by atoms with Gasteiger partial charge in [-0.3, -0.25) is 13.9 Å². The summed E-state index contributed by atoms with van der Waals surface area (Å²) < 4.78 is 26.6. The minimum atomic E-state index is -3.34. The summed E-state index contributed by atoms with van der Waals surface area (Å²) in [6.45, 7) is 1.81. The predicted molar refractivity (Wildman–Crippen MR) is 97.5 cm³/mol. The van der Waals surface area contributed by atoms with Crippen molar-refractivity contribution in [2.75, 3.05) is 11.0 Å². The zero-order valence-electron chi connectivity index (χ0n) is 13.6. The van der Waals surface area contributed by atoms with Gasteiger partial charge in [0.15, 0.2) is 16.6 Å². The van der Waals surface area contributed by atoms with Crippen molar-refractivity contribution in [3.05, 3.63) is 54.2 Å². The van der Waals surface area contributed by atoms with Gasteiger partial charge in [0.25, 0.3) is 0 Å². The summed E-state index contributed by atoms with van der Waals surface area (Å²) >= 11 is 1.33. The molecule has 3 aromatic rings. The van der Waals surface area contributed by atoms with E-state index in [1.165, 1.54) is 11.8 Å². The molecule has 0 unspecified atom stereocenters. The van der Waals surface area contributed by atoms with Gasteiger partial charge in [-0.1, -0.05) is 17.8 Å². The largest absolute Gasteiger partial charge is 0.293 e. The number of fused-ring (bicyclic) bond motifs is 1. The molecule has 0 saturated heterocycles. The van der Waals surface area contributed by atoms with Crippen LogP contribution in [0.5, 0.6) is 0 Å². The number of Topliss-reactive ketones (excluding diaryl/α,β-unsaturated/α-hetero) is 1. The van der Waals surface area contributed by atoms with Crippen LogP contribution >= 0.6 is 11.8 Å². The Balaban J connectivity index is 1.74. The van der Waals surface area contributed by atoms with Crippen LogP contribution in [-0.4, -0.2) is 40.3 Å². The third kappa shape index (κ3) is 4.18. The molecule has 2 heterocycles. The number of nitrogens with one attached hydrogen (secondary N) is 1. The molecule has 3 rings (SSSR count). The molecule has 9 heteroatoms. The number of ketones is 1. The monoisotopic (exact) mass is 376 g/mol. The number of thioether (sulfide) groups is 1. The van der Waals surface area contributed by atoms with Crippen molar-refractivity contribution in [3.63, 3.8) is 0 Å². The standard InChI is InChI=1S/C16H16N4O3S2/c1-11(24-16-18-17-14-5-3-4-10-20(14)16)15(21)12-6-8-13(9-7-12)19-25(2,22)23/h3-11,19H,1-2H3/t11-/m1/s1. The lowest BCUT2D eigenvalue weighted by Gasteiger charge is -2.10. The molecule has 1 N–H and O–H groups in total. The van der Waals surface area contributed by atoms with Gasteiger partial charge in [-0.15, -0.1) is 10.2 Å². The molecule has 0 bridgehead atoms. The molecule has 0 spiro atoms. The molecule has 0 aliphatic carbocycles. The van der Waals surface area contributed by atoms with E-state index in [1.807, 2.05) is 28.8 Å². The summed E-state index contributed by atoms with van der Waals surface area (Å²) in [5.74, 6) is -0.0661. The zero-order valence-corrected chi connectivity index (χ0v) is 15.2. The molecule has 0 aliphatic rings. The summed E-state index contributed by atoms with van der Waals surface area (Å²) in [6.07, 6.45) is 2.92. The van der Waals surface area contributed by atoms with Crippen LogP contribution in [0.1, 0.15) is 17.3 Å². The average Bonchev–Trinajstić information content (AvgIpc) is 2.96. The van der Waals surface area contributed by atoms with Gasteiger partial charge in [-0.05, 0) is 43.3 Å². The van der Waals surface area contributed by atoms with Crippen LogP contribution in [0.4, 0.5) is 5.69 Å². The van der Waals surface area contributed by atoms with E-state index >= 15 is 0 Å². The maximum atomic E-state index is 12.6. The minimum absolute atomic E-state index is 0.0661. The second kappa shape index (κ2) is 6.85. The van der Waals surface area contributed by atoms with Gasteiger partial charge >= 0.3 is 0 Å². The quantitative estimate of drug-likeness (QED) is 0.525. The summed E-state index contributed by atoms with van der Waals surface area (Å²) in [4.78, 5) is 12.6. The Morgan fingerprint density at radius 2 is 1.88 bits per heavy atom. The fourth-order valence-corrected chi connectivity index (χ4v) is 3.74. The second-order valence-electron chi connectivity index (χ2n) is 5.49. The van der Waals surface area contributed by atoms with Gasteiger partial charge in [0.2, 0.25) is 10.0 Å². The maximum Gasteiger partial charge on any atom is 0.229 e. The molecule has 25 heavy (non-hydrogen) atoms. The van der Waals surface area contributed by atoms with Crippen LogP contribution in [0.2, 0.25) is 0 Å². The van der Waals surface area contributed by atoms with E-state index in [9.17, 15) is 13.2 Å². The SMILES string of the molecule is C[C@@H](Sc1nnc2ccccn12)C(=O)c1ccc(NS(C)(=O)=O)cc1. The Morgan fingerprint density at radius 1 is 1.16 bits per heavy atom. The fraction of sp³-hybridized carbons (Fsp3) is 0.188. The van der Waals surface area contributed by atoms with Crippen LogP contribution < -0.4 is 4.72 Å². The number of carbonyl (C=O) groups excluding carboxylic acids is 1. The second-order valence-corrected chi connectivity index (χ2v) is 8.54. The number of carbonyl (C=O) groups is 1. The average molecular weight is 376 g/mol. The Hall–Kier alpha value is -2.39. The first-order chi connectivity index (χ1) is 11.8. The number of anilines is 1. The molecule has 0 radical (unpaired) electrons. The van der Waals surface area contributed by atoms with Gasteiger partial charge in [0.1, 0.15) is 0 Å². The Bertz CT molecular complexity index is 1010. The van der Waals surface area contributed by atoms with E-state index in [1.54, 1.807) is 31.2 Å². The van der Waals surface area contributed by atoms with Crippen LogP contribution in [0.3, 0.4) is 0 Å². The van der Waals surface area contributed by atoms with E-state index in [4.69, 9.17) is 0 Å². The molecule has 0 amide bonds. The molecule has 0 saturated carbocycles. The van der Waals surface area contributed by atoms with Crippen molar-refractivity contribution < 1.29 is 13.2 Å². The summed E-state index contributed by atoms with van der Waals surface area (Å²) in [5, 5.41) is 8.46. The Labute approximate surface area is 149 Å². The number of benzene rings is 1. The molecule has 0 aliphatic heterocycles. The number of sulfonamides is 1. The van der Waals surface area contributed by atoms with E-state index in [0.717, 1.165) is 11.9 Å². The number of nitrogens with zero attached hydrogens (tertiary/aromatic N) is 3. The molecule has 130 valence electrons. The molecular weight excluding hydrogens is 360 g/mol. The van der Waals surface area contributed by atoms with Crippen molar-refractivity contribution >= 4 is 38.9 Å². The van der Waals surface area contributed by atoms with Crippen molar-refractivity contribution in [2.45, 2.75) is 17.3 Å². The Kier molecular flexibility index (Phi) is 4.78. The smallest absolute Gasteiger partial charge is 0.229 e. The molecule has 1 aromatic carbocycles. The summed E-state index contributed by atoms with van der Waals surface area (Å²) in [6, 6.07) is 11.9. The summed E-state index contributed by atoms with van der Waals surface area (Å²) in [7, 11) is -3.34. The van der Waals surface area contributed by atoms with Crippen molar-refractivity contribution in [2.24, 2.45) is 0 Å². The van der Waals surface area contributed by atoms with Crippen LogP contribution in [0, 0.1) is 0 Å². The number of hydrogen-bond acceptors (Lipinski definition) is 6. The van der Waals surface area contributed by atoms with Crippen molar-refractivity contribution in [1.82, 2.24) is 14.6 Å². The highest BCUT2D eigenvalue weighted by Crippen LogP contribution is 2.25. The first-order valence-corrected chi connectivity index (χ1v) is 10.2. The van der Waals surface area contributed by atoms with Crippen molar-refractivity contribution in [1.29, 1.82) is 0 Å². The van der Waals surface area contributed by atoms with Gasteiger partial charge in [-0.25, -0.2) is 8.42 Å². The van der Waals surface area contributed by atoms with Crippen LogP contribution in [0.25, 0.3) is 5.65 Å². The van der Waals surface area contributed by atoms with E-state index in [-0.39, 0.29) is 11.0 Å². The number of rotatable bonds is 6. The fourth-order valence-electron chi connectivity index (χ4n) is 2.26. The van der Waals surface area contributed by atoms with Gasteiger partial charge < -0.3 is 0 Å². The molecule has 1 atom stereocenters. The minimum Gasteiger partial charge on any atom is -0.293 e. The normalized spacial score (nSPS) is 12.9. The lowest BCUT2D eigenvalue weighted by atomic mass is 10.1. The number of aromatic nitrogens is 3. The van der Waals surface area contributed by atoms with Gasteiger partial charge in [-0.2, -0.15) is 0 Å². The number of pyridine rings is 1. The Morgan fingerprint density at radius 3 is 2.56 bits per heavy atom. The van der Waals surface area contributed by atoms with Gasteiger partial charge in [0.05, 0.1) is 11.5 Å². The highest BCUT2D eigenvalue weighted by atomic mass is 32.2. The maximum absolute atomic E-state index is 12.6. The molecular formula is C16H16N4O3S2. The van der Waals surface area contributed by atoms with Crippen LogP contribution in [-0.2, 0) is 10.0 Å². The third-order valence-electron chi connectivity index (χ3n) is 3.41. The third-order valence-corrected chi connectivity index (χ3v) is 5.07. The highest BCUT2D eigenvalue weighted by molar-refractivity contribution is 8.00. The van der Waals surface area contributed by atoms with Crippen LogP contribution in [0.15, 0.2) is 53.8 Å². The molecule has 0 fully saturated rings. The lowest BCUT2D eigenvalue weighted by Crippen LogP contribution is -2.14. The topological polar surface area (TPSA) is 93.4 Å². The van der Waals surface area contributed by atoms with E-state index < -0.39 is 10.0 Å². The van der Waals surface area contributed by atoms with E-state index in [2.05, 4.69) is 14.9 Å². The lowest BCUT2D eigenvalue weighted by molar-refractivity contribution is 0.0994. The van der Waals surface area contributed by atoms with Crippen molar-refractivity contribution in [3.8, 4) is 0 Å². The van der Waals surface area contributed by atoms with Gasteiger partial charge in [0, 0.05) is 17.4 Å². The predicted octanol–water partition coefficient (Wildman–Crippen LogP) is 2.46. The first kappa shape index (κ1) is 17.4. The van der Waals surface area contributed by atoms with E-state index in [0.29, 0.717) is 16.4 Å². The molecule has 7 nitrogen and oxygen atoms in total. The highest BCUT2D eigenvalue weighted by Gasteiger charge is 2.19.